The first-order chi connectivity index (χ1) is 9.83. The summed E-state index contributed by atoms with van der Waals surface area (Å²) in [4.78, 5) is 9.50. The Labute approximate surface area is 131 Å². The van der Waals surface area contributed by atoms with Gasteiger partial charge in [-0.15, -0.1) is 0 Å². The largest absolute Gasteiger partial charge is 0.382 e. The predicted molar refractivity (Wildman–Crippen MR) is 90.0 cm³/mol. The van der Waals surface area contributed by atoms with E-state index in [2.05, 4.69) is 32.5 Å². The fourth-order valence-electron chi connectivity index (χ4n) is 1.70. The number of allylic oxidation sites excluding steroid dienone is 1. The second-order valence-corrected chi connectivity index (χ2v) is 5.05. The number of benzene rings is 1. The van der Waals surface area contributed by atoms with E-state index in [0.717, 1.165) is 0 Å². The van der Waals surface area contributed by atoms with Gasteiger partial charge in [-0.2, -0.15) is 0 Å². The summed E-state index contributed by atoms with van der Waals surface area (Å²) in [7, 11) is 3.04. The van der Waals surface area contributed by atoms with Gasteiger partial charge in [-0.05, 0) is 41.1 Å². The standard InChI is InChI=1S/C14H17BrFN5/c1-8(2)21(9-5-6-11(16)10(15)7-9)14(20-4)12(17)13(18)19-3/h5-7,17H,1H2,2-4H3,(H2,18,19). The molecule has 0 saturated heterocycles. The van der Waals surface area contributed by atoms with Crippen LogP contribution in [0.4, 0.5) is 10.1 Å². The number of nitrogens with one attached hydrogen (secondary N) is 1. The first-order valence-electron chi connectivity index (χ1n) is 6.02. The van der Waals surface area contributed by atoms with E-state index in [0.29, 0.717) is 15.9 Å². The molecule has 1 aromatic rings. The van der Waals surface area contributed by atoms with Gasteiger partial charge in [-0.1, -0.05) is 6.58 Å². The highest BCUT2D eigenvalue weighted by Crippen LogP contribution is 2.26. The molecule has 0 aliphatic heterocycles. The van der Waals surface area contributed by atoms with Crippen LogP contribution in [0.1, 0.15) is 6.92 Å². The molecular formula is C14H17BrFN5. The van der Waals surface area contributed by atoms with Crippen LogP contribution in [-0.4, -0.2) is 31.5 Å². The van der Waals surface area contributed by atoms with Gasteiger partial charge in [0.05, 0.1) is 4.47 Å². The highest BCUT2D eigenvalue weighted by molar-refractivity contribution is 9.10. The van der Waals surface area contributed by atoms with Gasteiger partial charge < -0.3 is 5.73 Å². The molecule has 0 fully saturated rings. The Balaban J connectivity index is 3.38. The lowest BCUT2D eigenvalue weighted by molar-refractivity contribution is 0.621. The molecule has 0 radical (unpaired) electrons. The summed E-state index contributed by atoms with van der Waals surface area (Å²) < 4.78 is 13.7. The molecule has 112 valence electrons. The van der Waals surface area contributed by atoms with Crippen LogP contribution < -0.4 is 10.6 Å². The number of anilines is 1. The number of nitrogens with two attached hydrogens (primary N) is 1. The minimum absolute atomic E-state index is 0.0246. The van der Waals surface area contributed by atoms with E-state index in [4.69, 9.17) is 11.1 Å². The summed E-state index contributed by atoms with van der Waals surface area (Å²) in [5.41, 5.74) is 6.89. The topological polar surface area (TPSA) is 77.8 Å². The zero-order chi connectivity index (χ0) is 16.2. The van der Waals surface area contributed by atoms with Crippen molar-refractivity contribution < 1.29 is 4.39 Å². The van der Waals surface area contributed by atoms with Crippen molar-refractivity contribution in [2.75, 3.05) is 19.0 Å². The van der Waals surface area contributed by atoms with Crippen molar-refractivity contribution >= 4 is 39.0 Å². The van der Waals surface area contributed by atoms with Crippen molar-refractivity contribution in [3.63, 3.8) is 0 Å². The quantitative estimate of drug-likeness (QED) is 0.644. The van der Waals surface area contributed by atoms with Crippen LogP contribution in [0.3, 0.4) is 0 Å². The third-order valence-corrected chi connectivity index (χ3v) is 3.30. The van der Waals surface area contributed by atoms with E-state index in [1.807, 2.05) is 0 Å². The molecule has 0 atom stereocenters. The molecule has 21 heavy (non-hydrogen) atoms. The van der Waals surface area contributed by atoms with Gasteiger partial charge in [0.1, 0.15) is 17.4 Å². The highest BCUT2D eigenvalue weighted by atomic mass is 79.9. The first kappa shape index (κ1) is 17.0. The molecule has 0 unspecified atom stereocenters. The smallest absolute Gasteiger partial charge is 0.161 e. The van der Waals surface area contributed by atoms with Gasteiger partial charge in [-0.3, -0.25) is 20.3 Å². The third kappa shape index (κ3) is 3.75. The lowest BCUT2D eigenvalue weighted by atomic mass is 10.2. The van der Waals surface area contributed by atoms with E-state index in [1.165, 1.54) is 13.1 Å². The Bertz CT molecular complexity index is 636. The van der Waals surface area contributed by atoms with Crippen molar-refractivity contribution in [1.82, 2.24) is 0 Å². The SMILES string of the molecule is C=C(C)N(C(=NC)C(=N)C(N)=NC)c1ccc(F)c(Br)c1. The summed E-state index contributed by atoms with van der Waals surface area (Å²) in [5, 5.41) is 8.07. The minimum Gasteiger partial charge on any atom is -0.382 e. The third-order valence-electron chi connectivity index (χ3n) is 2.69. The predicted octanol–water partition coefficient (Wildman–Crippen LogP) is 2.96. The van der Waals surface area contributed by atoms with Crippen molar-refractivity contribution in [1.29, 1.82) is 5.41 Å². The maximum Gasteiger partial charge on any atom is 0.161 e. The summed E-state index contributed by atoms with van der Waals surface area (Å²) in [6.45, 7) is 5.64. The lowest BCUT2D eigenvalue weighted by Crippen LogP contribution is -2.41. The summed E-state index contributed by atoms with van der Waals surface area (Å²) in [6.07, 6.45) is 0. The molecule has 0 aliphatic carbocycles. The number of hydrogen-bond acceptors (Lipinski definition) is 3. The van der Waals surface area contributed by atoms with Crippen molar-refractivity contribution in [3.8, 4) is 0 Å². The van der Waals surface area contributed by atoms with Gasteiger partial charge >= 0.3 is 0 Å². The molecule has 1 rings (SSSR count). The van der Waals surface area contributed by atoms with Crippen molar-refractivity contribution in [3.05, 3.63) is 40.8 Å². The zero-order valence-corrected chi connectivity index (χ0v) is 13.7. The number of aliphatic imine (C=N–C) groups is 2. The van der Waals surface area contributed by atoms with E-state index in [9.17, 15) is 4.39 Å². The lowest BCUT2D eigenvalue weighted by Gasteiger charge is -2.26. The first-order valence-corrected chi connectivity index (χ1v) is 6.81. The fourth-order valence-corrected chi connectivity index (χ4v) is 2.06. The van der Waals surface area contributed by atoms with Crippen LogP contribution in [0.25, 0.3) is 0 Å². The van der Waals surface area contributed by atoms with Crippen LogP contribution in [-0.2, 0) is 0 Å². The summed E-state index contributed by atoms with van der Waals surface area (Å²) in [5.74, 6) is -0.0350. The molecule has 0 aromatic heterocycles. The van der Waals surface area contributed by atoms with Crippen LogP contribution in [0.2, 0.25) is 0 Å². The Morgan fingerprint density at radius 1 is 1.38 bits per heavy atom. The zero-order valence-electron chi connectivity index (χ0n) is 12.1. The second kappa shape index (κ2) is 7.12. The number of amidine groups is 2. The average Bonchev–Trinajstić information content (AvgIpc) is 2.45. The van der Waals surface area contributed by atoms with Gasteiger partial charge in [-0.25, -0.2) is 4.39 Å². The molecule has 5 nitrogen and oxygen atoms in total. The van der Waals surface area contributed by atoms with Crippen LogP contribution in [0, 0.1) is 11.2 Å². The highest BCUT2D eigenvalue weighted by Gasteiger charge is 2.21. The molecule has 0 amide bonds. The number of halogens is 2. The molecule has 1 aromatic carbocycles. The Hall–Kier alpha value is -2.02. The van der Waals surface area contributed by atoms with Crippen molar-refractivity contribution in [2.24, 2.45) is 15.7 Å². The number of nitrogens with zero attached hydrogens (tertiary/aromatic N) is 3. The Morgan fingerprint density at radius 3 is 2.43 bits per heavy atom. The maximum absolute atomic E-state index is 13.4. The number of rotatable bonds is 4. The molecule has 0 saturated carbocycles. The van der Waals surface area contributed by atoms with Crippen LogP contribution in [0.5, 0.6) is 0 Å². The van der Waals surface area contributed by atoms with Crippen molar-refractivity contribution in [2.45, 2.75) is 6.92 Å². The molecule has 7 heteroatoms. The molecule has 3 N–H and O–H groups in total. The van der Waals surface area contributed by atoms with Crippen LogP contribution in [0.15, 0.2) is 44.9 Å². The Kier molecular flexibility index (Phi) is 5.78. The normalized spacial score (nSPS) is 12.2. The number of hydrogen-bond donors (Lipinski definition) is 2. The molecule has 0 spiro atoms. The average molecular weight is 354 g/mol. The van der Waals surface area contributed by atoms with Gasteiger partial charge in [0.2, 0.25) is 0 Å². The molecule has 0 bridgehead atoms. The van der Waals surface area contributed by atoms with Crippen LogP contribution >= 0.6 is 15.9 Å². The van der Waals surface area contributed by atoms with E-state index in [-0.39, 0.29) is 23.2 Å². The van der Waals surface area contributed by atoms with E-state index in [1.54, 1.807) is 31.0 Å². The van der Waals surface area contributed by atoms with Gasteiger partial charge in [0.25, 0.3) is 0 Å². The summed E-state index contributed by atoms with van der Waals surface area (Å²) in [6, 6.07) is 4.48. The maximum atomic E-state index is 13.4. The monoisotopic (exact) mass is 353 g/mol. The second-order valence-electron chi connectivity index (χ2n) is 4.20. The van der Waals surface area contributed by atoms with E-state index < -0.39 is 0 Å². The minimum atomic E-state index is -0.375. The molecular weight excluding hydrogens is 337 g/mol. The molecule has 0 heterocycles. The van der Waals surface area contributed by atoms with E-state index >= 15 is 0 Å². The van der Waals surface area contributed by atoms with Gasteiger partial charge in [0, 0.05) is 25.5 Å². The fraction of sp³-hybridized carbons (Fsp3) is 0.214. The molecule has 0 aliphatic rings. The Morgan fingerprint density at radius 2 is 2.00 bits per heavy atom. The van der Waals surface area contributed by atoms with Gasteiger partial charge in [0.15, 0.2) is 5.84 Å². The summed E-state index contributed by atoms with van der Waals surface area (Å²) >= 11 is 3.14.